The second-order valence-electron chi connectivity index (χ2n) is 10.1. The van der Waals surface area contributed by atoms with E-state index in [1.807, 2.05) is 0 Å². The van der Waals surface area contributed by atoms with Gasteiger partial charge in [-0.15, -0.1) is 24.2 Å². The maximum absolute atomic E-state index is 4.60. The molecule has 0 aromatic rings. The number of hydrogen-bond acceptors (Lipinski definition) is 0. The average molecular weight is 369 g/mol. The molecule has 0 aliphatic heterocycles. The molecular weight excluding hydrogens is 321 g/mol. The van der Waals surface area contributed by atoms with Gasteiger partial charge in [0.2, 0.25) is 0 Å². The van der Waals surface area contributed by atoms with Gasteiger partial charge in [0, 0.05) is 0 Å². The van der Waals surface area contributed by atoms with Crippen molar-refractivity contribution >= 4 is 23.1 Å². The largest absolute Gasteiger partial charge is 2.00 e. The molecular formula is C20H48MgN4+2. The Hall–Kier alpha value is 0.606. The van der Waals surface area contributed by atoms with Crippen LogP contribution in [-0.4, -0.2) is 88.5 Å². The summed E-state index contributed by atoms with van der Waals surface area (Å²) in [6, 6.07) is 0. The molecule has 2 atom stereocenters. The van der Waals surface area contributed by atoms with Crippen LogP contribution in [0.1, 0.15) is 55.4 Å². The topological polar surface area (TPSA) is 37.1 Å². The van der Waals surface area contributed by atoms with Gasteiger partial charge in [-0.2, -0.15) is 0 Å². The van der Waals surface area contributed by atoms with Crippen LogP contribution in [-0.2, 0) is 0 Å². The molecule has 0 saturated heterocycles. The van der Waals surface area contributed by atoms with Crippen LogP contribution in [0.15, 0.2) is 0 Å². The van der Waals surface area contributed by atoms with Crippen molar-refractivity contribution in [3.8, 4) is 0 Å². The van der Waals surface area contributed by atoms with Gasteiger partial charge < -0.3 is 20.4 Å². The Balaban J connectivity index is -0.000000372. The summed E-state index contributed by atoms with van der Waals surface area (Å²) in [5.74, 6) is 1.41. The summed E-state index contributed by atoms with van der Waals surface area (Å²) in [5.41, 5.74) is 0.270. The van der Waals surface area contributed by atoms with E-state index in [1.165, 1.54) is 22.9 Å². The van der Waals surface area contributed by atoms with Crippen molar-refractivity contribution in [2.45, 2.75) is 66.5 Å². The quantitative estimate of drug-likeness (QED) is 0.609. The van der Waals surface area contributed by atoms with E-state index in [9.17, 15) is 0 Å². The van der Waals surface area contributed by atoms with Gasteiger partial charge in [0.05, 0.1) is 41.3 Å². The molecule has 0 saturated carbocycles. The van der Waals surface area contributed by atoms with E-state index in [1.54, 1.807) is 0 Å². The normalized spacial score (nSPS) is 14.6. The Morgan fingerprint density at radius 3 is 1.04 bits per heavy atom. The standard InChI is InChI=1S/2C10H23N2.Mg/c2*1-9(8-12(5)6)7-11-10(2,3)4;/h2*9H,7-8H2,1-6H3;/q2*-1;+2/p+2. The summed E-state index contributed by atoms with van der Waals surface area (Å²) in [6.07, 6.45) is 0. The molecule has 0 amide bonds. The van der Waals surface area contributed by atoms with E-state index in [4.69, 9.17) is 0 Å². The van der Waals surface area contributed by atoms with E-state index < -0.39 is 0 Å². The fraction of sp³-hybridized carbons (Fsp3) is 1.00. The van der Waals surface area contributed by atoms with Crippen LogP contribution in [0.4, 0.5) is 0 Å². The first-order valence-corrected chi connectivity index (χ1v) is 9.57. The Labute approximate surface area is 176 Å². The van der Waals surface area contributed by atoms with Crippen LogP contribution < -0.4 is 9.80 Å². The summed E-state index contributed by atoms with van der Waals surface area (Å²) in [5, 5.41) is 9.19. The minimum Gasteiger partial charge on any atom is -0.657 e. The van der Waals surface area contributed by atoms with E-state index in [-0.39, 0.29) is 34.1 Å². The summed E-state index contributed by atoms with van der Waals surface area (Å²) in [6.45, 7) is 21.9. The molecule has 0 bridgehead atoms. The predicted molar refractivity (Wildman–Crippen MR) is 115 cm³/mol. The third-order valence-corrected chi connectivity index (χ3v) is 3.27. The van der Waals surface area contributed by atoms with Crippen LogP contribution in [0.25, 0.3) is 10.6 Å². The molecule has 2 unspecified atom stereocenters. The van der Waals surface area contributed by atoms with Crippen LogP contribution in [0.2, 0.25) is 0 Å². The molecule has 0 heterocycles. The van der Waals surface area contributed by atoms with Gasteiger partial charge in [0.25, 0.3) is 0 Å². The van der Waals surface area contributed by atoms with Gasteiger partial charge in [-0.3, -0.25) is 0 Å². The number of hydrogen-bond donors (Lipinski definition) is 2. The summed E-state index contributed by atoms with van der Waals surface area (Å²) in [4.78, 5) is 3.01. The summed E-state index contributed by atoms with van der Waals surface area (Å²) >= 11 is 0. The zero-order chi connectivity index (χ0) is 19.6. The smallest absolute Gasteiger partial charge is 0.657 e. The van der Waals surface area contributed by atoms with E-state index in [0.717, 1.165) is 13.1 Å². The monoisotopic (exact) mass is 368 g/mol. The van der Waals surface area contributed by atoms with Gasteiger partial charge in [-0.1, -0.05) is 55.4 Å². The maximum atomic E-state index is 4.60. The van der Waals surface area contributed by atoms with Crippen molar-refractivity contribution in [3.63, 3.8) is 0 Å². The molecule has 25 heavy (non-hydrogen) atoms. The molecule has 4 nitrogen and oxygen atoms in total. The molecule has 5 heteroatoms. The molecule has 0 fully saturated rings. The van der Waals surface area contributed by atoms with Crippen molar-refractivity contribution in [3.05, 3.63) is 10.6 Å². The first kappa shape index (κ1) is 30.3. The van der Waals surface area contributed by atoms with Crippen molar-refractivity contribution in [2.24, 2.45) is 11.8 Å². The van der Waals surface area contributed by atoms with Gasteiger partial charge in [0.1, 0.15) is 0 Å². The van der Waals surface area contributed by atoms with Crippen molar-refractivity contribution in [1.29, 1.82) is 0 Å². The number of rotatable bonds is 8. The Morgan fingerprint density at radius 2 is 0.880 bits per heavy atom. The molecule has 0 rings (SSSR count). The van der Waals surface area contributed by atoms with Crippen LogP contribution >= 0.6 is 0 Å². The van der Waals surface area contributed by atoms with Crippen LogP contribution in [0, 0.1) is 11.8 Å². The fourth-order valence-corrected chi connectivity index (χ4v) is 2.38. The van der Waals surface area contributed by atoms with Crippen LogP contribution in [0.3, 0.4) is 0 Å². The first-order chi connectivity index (χ1) is 10.6. The van der Waals surface area contributed by atoms with Crippen molar-refractivity contribution in [1.82, 2.24) is 0 Å². The maximum Gasteiger partial charge on any atom is 2.00 e. The number of nitrogens with zero attached hydrogens (tertiary/aromatic N) is 2. The minimum atomic E-state index is 0. The zero-order valence-corrected chi connectivity index (χ0v) is 21.0. The third kappa shape index (κ3) is 29.6. The molecule has 0 aliphatic carbocycles. The molecule has 148 valence electrons. The number of quaternary nitrogens is 2. The molecule has 2 N–H and O–H groups in total. The second kappa shape index (κ2) is 14.6. The first-order valence-electron chi connectivity index (χ1n) is 9.57. The van der Waals surface area contributed by atoms with Gasteiger partial charge >= 0.3 is 23.1 Å². The molecule has 0 spiro atoms. The Bertz CT molecular complexity index is 263. The molecule has 0 aromatic heterocycles. The predicted octanol–water partition coefficient (Wildman–Crippen LogP) is 1.50. The average Bonchev–Trinajstić information content (AvgIpc) is 2.31. The second-order valence-corrected chi connectivity index (χ2v) is 10.1. The number of nitrogens with one attached hydrogen (secondary N) is 2. The SMILES string of the molecule is CC(C[N-]C(C)(C)C)C[NH+](C)C.CC(C[N-]C(C)(C)C)C[NH+](C)C.[Mg+2]. The summed E-state index contributed by atoms with van der Waals surface area (Å²) in [7, 11) is 8.75. The Kier molecular flexibility index (Phi) is 17.8. The van der Waals surface area contributed by atoms with Crippen LogP contribution in [0.5, 0.6) is 0 Å². The molecule has 0 aromatic carbocycles. The van der Waals surface area contributed by atoms with E-state index in [0.29, 0.717) is 11.8 Å². The molecule has 0 radical (unpaired) electrons. The summed E-state index contributed by atoms with van der Waals surface area (Å²) < 4.78 is 0. The minimum absolute atomic E-state index is 0. The van der Waals surface area contributed by atoms with Gasteiger partial charge in [-0.25, -0.2) is 0 Å². The van der Waals surface area contributed by atoms with E-state index >= 15 is 0 Å². The van der Waals surface area contributed by atoms with Gasteiger partial charge in [-0.05, 0) is 11.8 Å². The van der Waals surface area contributed by atoms with Crippen molar-refractivity contribution in [2.75, 3.05) is 54.4 Å². The zero-order valence-electron chi connectivity index (χ0n) is 19.6. The van der Waals surface area contributed by atoms with Gasteiger partial charge in [0.15, 0.2) is 0 Å². The van der Waals surface area contributed by atoms with Crippen molar-refractivity contribution < 1.29 is 9.80 Å². The molecule has 0 aliphatic rings. The fourth-order valence-electron chi connectivity index (χ4n) is 2.38. The van der Waals surface area contributed by atoms with E-state index in [2.05, 4.69) is 94.2 Å². The Morgan fingerprint density at radius 1 is 0.640 bits per heavy atom. The third-order valence-electron chi connectivity index (χ3n) is 3.27.